The molecule has 96 valence electrons. The predicted octanol–water partition coefficient (Wildman–Crippen LogP) is -2.26. The van der Waals surface area contributed by atoms with Crippen LogP contribution in [0.2, 0.25) is 0 Å². The van der Waals surface area contributed by atoms with E-state index in [-0.39, 0.29) is 19.3 Å². The molecule has 0 aromatic carbocycles. The van der Waals surface area contributed by atoms with E-state index >= 15 is 0 Å². The van der Waals surface area contributed by atoms with Crippen molar-refractivity contribution >= 4 is 24.1 Å². The molecule has 8 nitrogen and oxygen atoms in total. The number of amides is 2. The third kappa shape index (κ3) is 7.01. The number of aliphatic carboxylic acids is 1. The summed E-state index contributed by atoms with van der Waals surface area (Å²) in [6.45, 7) is 0. The molecule has 0 saturated carbocycles. The average Bonchev–Trinajstić information content (AvgIpc) is 2.23. The fourth-order valence-electron chi connectivity index (χ4n) is 1.05. The van der Waals surface area contributed by atoms with Gasteiger partial charge in [0.2, 0.25) is 11.8 Å². The zero-order chi connectivity index (χ0) is 13.4. The first-order chi connectivity index (χ1) is 7.86. The number of carbonyl (C=O) groups is 4. The van der Waals surface area contributed by atoms with E-state index < -0.39 is 29.9 Å². The first kappa shape index (κ1) is 15.0. The van der Waals surface area contributed by atoms with Gasteiger partial charge in [0.25, 0.3) is 0 Å². The normalized spacial score (nSPS) is 13.5. The minimum absolute atomic E-state index is 0.0523. The summed E-state index contributed by atoms with van der Waals surface area (Å²) in [5.41, 5.74) is 10.3. The second-order valence-corrected chi connectivity index (χ2v) is 3.46. The van der Waals surface area contributed by atoms with Crippen LogP contribution in [0.15, 0.2) is 0 Å². The van der Waals surface area contributed by atoms with Gasteiger partial charge >= 0.3 is 5.97 Å². The second-order valence-electron chi connectivity index (χ2n) is 3.46. The first-order valence-corrected chi connectivity index (χ1v) is 4.88. The first-order valence-electron chi connectivity index (χ1n) is 4.88. The lowest BCUT2D eigenvalue weighted by Crippen LogP contribution is -2.47. The molecular formula is C9H15N3O5. The fourth-order valence-corrected chi connectivity index (χ4v) is 1.05. The summed E-state index contributed by atoms with van der Waals surface area (Å²) in [7, 11) is 0. The summed E-state index contributed by atoms with van der Waals surface area (Å²) >= 11 is 0. The Hall–Kier alpha value is -1.96. The van der Waals surface area contributed by atoms with E-state index in [4.69, 9.17) is 16.6 Å². The van der Waals surface area contributed by atoms with Crippen LogP contribution in [-0.4, -0.2) is 41.3 Å². The van der Waals surface area contributed by atoms with Crippen molar-refractivity contribution in [2.75, 3.05) is 0 Å². The van der Waals surface area contributed by atoms with Crippen molar-refractivity contribution in [1.29, 1.82) is 0 Å². The quantitative estimate of drug-likeness (QED) is 0.354. The molecule has 0 aromatic rings. The van der Waals surface area contributed by atoms with Crippen LogP contribution in [0.3, 0.4) is 0 Å². The Morgan fingerprint density at radius 2 is 1.94 bits per heavy atom. The van der Waals surface area contributed by atoms with Crippen molar-refractivity contribution in [3.8, 4) is 0 Å². The van der Waals surface area contributed by atoms with Crippen molar-refractivity contribution in [2.24, 2.45) is 11.5 Å². The molecule has 0 spiro atoms. The summed E-state index contributed by atoms with van der Waals surface area (Å²) in [5, 5.41) is 10.6. The summed E-state index contributed by atoms with van der Waals surface area (Å²) in [5.74, 6) is -2.50. The van der Waals surface area contributed by atoms with E-state index in [1.807, 2.05) is 0 Å². The third-order valence-electron chi connectivity index (χ3n) is 1.92. The minimum Gasteiger partial charge on any atom is -0.481 e. The number of primary amides is 1. The van der Waals surface area contributed by atoms with E-state index in [2.05, 4.69) is 5.32 Å². The third-order valence-corrected chi connectivity index (χ3v) is 1.92. The number of carboxylic acid groups (broad SMARTS) is 1. The number of nitrogens with two attached hydrogens (primary N) is 2. The fraction of sp³-hybridized carbons (Fsp3) is 0.556. The van der Waals surface area contributed by atoms with E-state index in [0.29, 0.717) is 6.29 Å². The van der Waals surface area contributed by atoms with E-state index in [1.54, 1.807) is 0 Å². The number of nitrogens with one attached hydrogen (secondary N) is 1. The van der Waals surface area contributed by atoms with Gasteiger partial charge in [-0.15, -0.1) is 0 Å². The van der Waals surface area contributed by atoms with Gasteiger partial charge in [-0.25, -0.2) is 0 Å². The Labute approximate surface area is 97.3 Å². The predicted molar refractivity (Wildman–Crippen MR) is 56.7 cm³/mol. The number of hydrogen-bond donors (Lipinski definition) is 4. The molecular weight excluding hydrogens is 230 g/mol. The van der Waals surface area contributed by atoms with Crippen LogP contribution in [0.5, 0.6) is 0 Å². The van der Waals surface area contributed by atoms with Crippen LogP contribution >= 0.6 is 0 Å². The Morgan fingerprint density at radius 3 is 2.35 bits per heavy atom. The molecule has 8 heteroatoms. The molecule has 2 atom stereocenters. The number of aldehydes is 1. The van der Waals surface area contributed by atoms with Gasteiger partial charge in [-0.2, -0.15) is 0 Å². The van der Waals surface area contributed by atoms with Crippen LogP contribution in [-0.2, 0) is 19.2 Å². The van der Waals surface area contributed by atoms with Gasteiger partial charge in [-0.1, -0.05) is 0 Å². The van der Waals surface area contributed by atoms with Crippen LogP contribution in [0.1, 0.15) is 19.3 Å². The molecule has 0 aromatic heterocycles. The van der Waals surface area contributed by atoms with Crippen LogP contribution in [0, 0.1) is 0 Å². The Kier molecular flexibility index (Phi) is 6.49. The molecule has 0 fully saturated rings. The molecule has 0 unspecified atom stereocenters. The number of carbonyl (C=O) groups excluding carboxylic acids is 3. The summed E-state index contributed by atoms with van der Waals surface area (Å²) in [4.78, 5) is 42.7. The zero-order valence-electron chi connectivity index (χ0n) is 9.09. The zero-order valence-corrected chi connectivity index (χ0v) is 9.09. The molecule has 17 heavy (non-hydrogen) atoms. The maximum Gasteiger partial charge on any atom is 0.303 e. The lowest BCUT2D eigenvalue weighted by atomic mass is 10.1. The molecule has 0 rings (SSSR count). The molecule has 2 amide bonds. The highest BCUT2D eigenvalue weighted by Gasteiger charge is 2.19. The Morgan fingerprint density at radius 1 is 1.35 bits per heavy atom. The van der Waals surface area contributed by atoms with E-state index in [1.165, 1.54) is 0 Å². The average molecular weight is 245 g/mol. The SMILES string of the molecule is NC(=O)C[C@H](C=O)NC(=O)[C@H](N)CCC(=O)O. The summed E-state index contributed by atoms with van der Waals surface area (Å²) < 4.78 is 0. The highest BCUT2D eigenvalue weighted by Crippen LogP contribution is 1.96. The van der Waals surface area contributed by atoms with Gasteiger partial charge in [0.05, 0.1) is 18.5 Å². The lowest BCUT2D eigenvalue weighted by Gasteiger charge is -2.14. The van der Waals surface area contributed by atoms with Crippen molar-refractivity contribution < 1.29 is 24.3 Å². The second kappa shape index (κ2) is 7.34. The van der Waals surface area contributed by atoms with Crippen molar-refractivity contribution in [3.63, 3.8) is 0 Å². The maximum absolute atomic E-state index is 11.4. The topological polar surface area (TPSA) is 153 Å². The van der Waals surface area contributed by atoms with Crippen molar-refractivity contribution in [2.45, 2.75) is 31.3 Å². The molecule has 0 radical (unpaired) electrons. The molecule has 0 aliphatic heterocycles. The largest absolute Gasteiger partial charge is 0.481 e. The number of hydrogen-bond acceptors (Lipinski definition) is 5. The van der Waals surface area contributed by atoms with Gasteiger partial charge in [-0.05, 0) is 6.42 Å². The van der Waals surface area contributed by atoms with Crippen LogP contribution in [0.4, 0.5) is 0 Å². The van der Waals surface area contributed by atoms with Gasteiger partial charge < -0.3 is 26.7 Å². The van der Waals surface area contributed by atoms with Crippen molar-refractivity contribution in [1.82, 2.24) is 5.32 Å². The standard InChI is InChI=1S/C9H15N3O5/c10-6(1-2-8(15)16)9(17)12-5(4-13)3-7(11)14/h4-6H,1-3,10H2,(H2,11,14)(H,12,17)(H,15,16)/t5-,6-/m1/s1. The summed E-state index contributed by atoms with van der Waals surface area (Å²) in [6, 6.07) is -2.07. The monoisotopic (exact) mass is 245 g/mol. The highest BCUT2D eigenvalue weighted by atomic mass is 16.4. The van der Waals surface area contributed by atoms with Gasteiger partial charge in [0.1, 0.15) is 6.29 Å². The minimum atomic E-state index is -1.07. The molecule has 0 bridgehead atoms. The lowest BCUT2D eigenvalue weighted by molar-refractivity contribution is -0.137. The van der Waals surface area contributed by atoms with Gasteiger partial charge in [-0.3, -0.25) is 14.4 Å². The smallest absolute Gasteiger partial charge is 0.303 e. The van der Waals surface area contributed by atoms with E-state index in [9.17, 15) is 19.2 Å². The Bertz CT molecular complexity index is 318. The number of carboxylic acids is 1. The highest BCUT2D eigenvalue weighted by molar-refractivity contribution is 5.87. The number of rotatable bonds is 8. The van der Waals surface area contributed by atoms with Gasteiger partial charge in [0.15, 0.2) is 0 Å². The molecule has 0 aliphatic carbocycles. The molecule has 0 saturated heterocycles. The van der Waals surface area contributed by atoms with Gasteiger partial charge in [0, 0.05) is 6.42 Å². The van der Waals surface area contributed by atoms with Crippen molar-refractivity contribution in [3.05, 3.63) is 0 Å². The molecule has 6 N–H and O–H groups in total. The molecule has 0 heterocycles. The van der Waals surface area contributed by atoms with Crippen LogP contribution < -0.4 is 16.8 Å². The van der Waals surface area contributed by atoms with E-state index in [0.717, 1.165) is 0 Å². The molecule has 0 aliphatic rings. The van der Waals surface area contributed by atoms with Crippen LogP contribution in [0.25, 0.3) is 0 Å². The summed E-state index contributed by atoms with van der Waals surface area (Å²) in [6.07, 6.45) is -0.257. The Balaban J connectivity index is 4.16. The maximum atomic E-state index is 11.4.